The fourth-order valence-electron chi connectivity index (χ4n) is 1.40. The van der Waals surface area contributed by atoms with E-state index in [0.717, 1.165) is 4.47 Å². The number of hydrogen-bond donors (Lipinski definition) is 2. The molecule has 0 aliphatic carbocycles. The van der Waals surface area contributed by atoms with Crippen molar-refractivity contribution in [1.82, 2.24) is 4.98 Å². The molecule has 0 bridgehead atoms. The summed E-state index contributed by atoms with van der Waals surface area (Å²) in [4.78, 5) is 4.19. The monoisotopic (exact) mass is 327 g/mol. The second-order valence-corrected chi connectivity index (χ2v) is 4.83. The van der Waals surface area contributed by atoms with Crippen LogP contribution < -0.4 is 15.8 Å². The standard InChI is InChI=1S/C12H11BrClN3O/c1-18-8-2-3-10(14)11(5-8)17-12-9(13)4-7(15)6-16-12/h2-6H,15H2,1H3,(H,16,17). The lowest BCUT2D eigenvalue weighted by atomic mass is 10.3. The predicted octanol–water partition coefficient (Wildman–Crippen LogP) is 3.83. The van der Waals surface area contributed by atoms with Gasteiger partial charge in [0.1, 0.15) is 11.6 Å². The molecule has 1 aromatic heterocycles. The largest absolute Gasteiger partial charge is 0.497 e. The van der Waals surface area contributed by atoms with Crippen molar-refractivity contribution >= 4 is 44.7 Å². The fourth-order valence-corrected chi connectivity index (χ4v) is 2.03. The number of nitrogens with one attached hydrogen (secondary N) is 1. The van der Waals surface area contributed by atoms with Gasteiger partial charge in [-0.15, -0.1) is 0 Å². The first-order valence-electron chi connectivity index (χ1n) is 5.11. The summed E-state index contributed by atoms with van der Waals surface area (Å²) in [6.07, 6.45) is 1.57. The van der Waals surface area contributed by atoms with Crippen LogP contribution in [0.3, 0.4) is 0 Å². The van der Waals surface area contributed by atoms with Crippen LogP contribution in [0, 0.1) is 0 Å². The van der Waals surface area contributed by atoms with Crippen molar-refractivity contribution in [3.63, 3.8) is 0 Å². The first kappa shape index (κ1) is 13.0. The molecule has 2 rings (SSSR count). The lowest BCUT2D eigenvalue weighted by Gasteiger charge is -2.11. The van der Waals surface area contributed by atoms with E-state index in [2.05, 4.69) is 26.2 Å². The molecule has 0 aliphatic heterocycles. The summed E-state index contributed by atoms with van der Waals surface area (Å²) in [5, 5.41) is 3.70. The van der Waals surface area contributed by atoms with Gasteiger partial charge in [-0.05, 0) is 34.1 Å². The minimum atomic E-state index is 0.585. The Morgan fingerprint density at radius 2 is 2.17 bits per heavy atom. The van der Waals surface area contributed by atoms with Crippen LogP contribution in [0.5, 0.6) is 5.75 Å². The average molecular weight is 329 g/mol. The third-order valence-electron chi connectivity index (χ3n) is 2.29. The molecule has 94 valence electrons. The topological polar surface area (TPSA) is 60.2 Å². The van der Waals surface area contributed by atoms with E-state index in [-0.39, 0.29) is 0 Å². The first-order chi connectivity index (χ1) is 8.60. The van der Waals surface area contributed by atoms with Gasteiger partial charge in [-0.2, -0.15) is 0 Å². The van der Waals surface area contributed by atoms with Crippen molar-refractivity contribution in [1.29, 1.82) is 0 Å². The van der Waals surface area contributed by atoms with E-state index in [4.69, 9.17) is 22.1 Å². The molecule has 0 aliphatic rings. The molecule has 0 atom stereocenters. The number of halogens is 2. The van der Waals surface area contributed by atoms with Crippen molar-refractivity contribution in [3.8, 4) is 5.75 Å². The van der Waals surface area contributed by atoms with Gasteiger partial charge in [-0.3, -0.25) is 0 Å². The number of pyridine rings is 1. The molecular formula is C12H11BrClN3O. The van der Waals surface area contributed by atoms with Gasteiger partial charge in [0.15, 0.2) is 0 Å². The molecule has 0 unspecified atom stereocenters. The summed E-state index contributed by atoms with van der Waals surface area (Å²) < 4.78 is 5.91. The summed E-state index contributed by atoms with van der Waals surface area (Å²) in [7, 11) is 1.60. The van der Waals surface area contributed by atoms with Crippen molar-refractivity contribution in [2.45, 2.75) is 0 Å². The minimum absolute atomic E-state index is 0.585. The quantitative estimate of drug-likeness (QED) is 0.899. The normalized spacial score (nSPS) is 10.2. The fraction of sp³-hybridized carbons (Fsp3) is 0.0833. The van der Waals surface area contributed by atoms with Gasteiger partial charge in [0.2, 0.25) is 0 Å². The molecule has 2 aromatic rings. The third kappa shape index (κ3) is 2.86. The van der Waals surface area contributed by atoms with Gasteiger partial charge in [0, 0.05) is 6.07 Å². The Kier molecular flexibility index (Phi) is 3.93. The zero-order valence-electron chi connectivity index (χ0n) is 9.58. The number of benzene rings is 1. The number of rotatable bonds is 3. The van der Waals surface area contributed by atoms with Crippen LogP contribution in [-0.2, 0) is 0 Å². The van der Waals surface area contributed by atoms with E-state index >= 15 is 0 Å². The second-order valence-electron chi connectivity index (χ2n) is 3.57. The molecular weight excluding hydrogens is 318 g/mol. The van der Waals surface area contributed by atoms with Crippen LogP contribution in [-0.4, -0.2) is 12.1 Å². The molecule has 0 saturated carbocycles. The number of hydrogen-bond acceptors (Lipinski definition) is 4. The van der Waals surface area contributed by atoms with E-state index in [1.54, 1.807) is 37.6 Å². The highest BCUT2D eigenvalue weighted by Gasteiger charge is 2.07. The van der Waals surface area contributed by atoms with Crippen molar-refractivity contribution < 1.29 is 4.74 Å². The van der Waals surface area contributed by atoms with E-state index < -0.39 is 0 Å². The molecule has 0 saturated heterocycles. The van der Waals surface area contributed by atoms with Crippen LogP contribution in [0.15, 0.2) is 34.9 Å². The molecule has 0 radical (unpaired) electrons. The van der Waals surface area contributed by atoms with Crippen LogP contribution in [0.2, 0.25) is 5.02 Å². The Morgan fingerprint density at radius 3 is 2.83 bits per heavy atom. The molecule has 18 heavy (non-hydrogen) atoms. The van der Waals surface area contributed by atoms with Crippen LogP contribution in [0.4, 0.5) is 17.2 Å². The molecule has 0 amide bonds. The summed E-state index contributed by atoms with van der Waals surface area (Å²) in [6.45, 7) is 0. The number of anilines is 3. The number of nitrogens with two attached hydrogens (primary N) is 1. The van der Waals surface area contributed by atoms with E-state index in [1.807, 2.05) is 0 Å². The maximum atomic E-state index is 6.10. The second kappa shape index (κ2) is 5.46. The molecule has 4 nitrogen and oxygen atoms in total. The first-order valence-corrected chi connectivity index (χ1v) is 6.29. The van der Waals surface area contributed by atoms with E-state index in [9.17, 15) is 0 Å². The number of nitrogens with zero attached hydrogens (tertiary/aromatic N) is 1. The van der Waals surface area contributed by atoms with Crippen LogP contribution in [0.25, 0.3) is 0 Å². The van der Waals surface area contributed by atoms with Gasteiger partial charge >= 0.3 is 0 Å². The highest BCUT2D eigenvalue weighted by molar-refractivity contribution is 9.10. The van der Waals surface area contributed by atoms with Crippen molar-refractivity contribution in [3.05, 3.63) is 40.0 Å². The Labute approximate surface area is 118 Å². The molecule has 1 heterocycles. The van der Waals surface area contributed by atoms with E-state index in [0.29, 0.717) is 28.0 Å². The number of nitrogen functional groups attached to an aromatic ring is 1. The Morgan fingerprint density at radius 1 is 1.39 bits per heavy atom. The molecule has 6 heteroatoms. The zero-order chi connectivity index (χ0) is 13.1. The SMILES string of the molecule is COc1ccc(Cl)c(Nc2ncc(N)cc2Br)c1. The highest BCUT2D eigenvalue weighted by Crippen LogP contribution is 2.31. The molecule has 0 fully saturated rings. The maximum Gasteiger partial charge on any atom is 0.144 e. The maximum absolute atomic E-state index is 6.10. The van der Waals surface area contributed by atoms with Gasteiger partial charge in [0.05, 0.1) is 34.2 Å². The lowest BCUT2D eigenvalue weighted by molar-refractivity contribution is 0.415. The minimum Gasteiger partial charge on any atom is -0.497 e. The third-order valence-corrected chi connectivity index (χ3v) is 3.22. The summed E-state index contributed by atoms with van der Waals surface area (Å²) in [6, 6.07) is 7.11. The van der Waals surface area contributed by atoms with Crippen LogP contribution >= 0.6 is 27.5 Å². The summed E-state index contributed by atoms with van der Waals surface area (Å²) in [5.74, 6) is 1.35. The average Bonchev–Trinajstić information content (AvgIpc) is 2.35. The number of methoxy groups -OCH3 is 1. The van der Waals surface area contributed by atoms with Gasteiger partial charge in [-0.1, -0.05) is 11.6 Å². The predicted molar refractivity (Wildman–Crippen MR) is 77.6 cm³/mol. The Bertz CT molecular complexity index is 577. The summed E-state index contributed by atoms with van der Waals surface area (Å²) in [5.41, 5.74) is 6.93. The molecule has 0 spiro atoms. The highest BCUT2D eigenvalue weighted by atomic mass is 79.9. The smallest absolute Gasteiger partial charge is 0.144 e. The lowest BCUT2D eigenvalue weighted by Crippen LogP contribution is -1.97. The number of ether oxygens (including phenoxy) is 1. The van der Waals surface area contributed by atoms with E-state index in [1.165, 1.54) is 0 Å². The Hall–Kier alpha value is -1.46. The van der Waals surface area contributed by atoms with Crippen molar-refractivity contribution in [2.75, 3.05) is 18.2 Å². The van der Waals surface area contributed by atoms with Crippen molar-refractivity contribution in [2.24, 2.45) is 0 Å². The summed E-state index contributed by atoms with van der Waals surface area (Å²) >= 11 is 9.49. The Balaban J connectivity index is 2.33. The number of aromatic nitrogens is 1. The van der Waals surface area contributed by atoms with Gasteiger partial charge < -0.3 is 15.8 Å². The van der Waals surface area contributed by atoms with Crippen LogP contribution in [0.1, 0.15) is 0 Å². The van der Waals surface area contributed by atoms with Gasteiger partial charge in [-0.25, -0.2) is 4.98 Å². The zero-order valence-corrected chi connectivity index (χ0v) is 11.9. The molecule has 1 aromatic carbocycles. The molecule has 3 N–H and O–H groups in total. The van der Waals surface area contributed by atoms with Gasteiger partial charge in [0.25, 0.3) is 0 Å².